The third-order valence-electron chi connectivity index (χ3n) is 2.52. The number of aromatic nitrogens is 1. The summed E-state index contributed by atoms with van der Waals surface area (Å²) in [5.74, 6) is 0.689. The number of ketones is 1. The van der Waals surface area contributed by atoms with Crippen LogP contribution in [0.25, 0.3) is 0 Å². The van der Waals surface area contributed by atoms with E-state index in [9.17, 15) is 4.79 Å². The Bertz CT molecular complexity index is 353. The molecule has 1 aromatic rings. The fourth-order valence-corrected chi connectivity index (χ4v) is 1.50. The van der Waals surface area contributed by atoms with Crippen molar-refractivity contribution in [3.63, 3.8) is 0 Å². The maximum absolute atomic E-state index is 12.0. The zero-order valence-corrected chi connectivity index (χ0v) is 9.77. The molecule has 0 spiro atoms. The lowest BCUT2D eigenvalue weighted by molar-refractivity contribution is 0.0922. The first-order valence-corrected chi connectivity index (χ1v) is 5.42. The van der Waals surface area contributed by atoms with E-state index in [2.05, 4.69) is 4.98 Å². The standard InChI is InChI=1S/C12H18N2O2/c1-9(4-3-5-13)12(15)10-6-11(16-2)8-14-7-10/h6-9H,3-5,13H2,1-2H3. The molecule has 1 unspecified atom stereocenters. The molecule has 0 fully saturated rings. The van der Waals surface area contributed by atoms with Gasteiger partial charge in [0.25, 0.3) is 0 Å². The van der Waals surface area contributed by atoms with Crippen molar-refractivity contribution >= 4 is 5.78 Å². The number of nitrogens with two attached hydrogens (primary N) is 1. The highest BCUT2D eigenvalue weighted by molar-refractivity contribution is 5.97. The van der Waals surface area contributed by atoms with Crippen LogP contribution in [0.3, 0.4) is 0 Å². The van der Waals surface area contributed by atoms with Crippen molar-refractivity contribution in [3.8, 4) is 5.75 Å². The summed E-state index contributed by atoms with van der Waals surface area (Å²) < 4.78 is 5.03. The third-order valence-corrected chi connectivity index (χ3v) is 2.52. The molecule has 16 heavy (non-hydrogen) atoms. The Morgan fingerprint density at radius 3 is 2.94 bits per heavy atom. The largest absolute Gasteiger partial charge is 0.495 e. The second-order valence-corrected chi connectivity index (χ2v) is 3.81. The van der Waals surface area contributed by atoms with E-state index in [1.54, 1.807) is 25.6 Å². The molecule has 1 atom stereocenters. The van der Waals surface area contributed by atoms with Gasteiger partial charge in [-0.15, -0.1) is 0 Å². The lowest BCUT2D eigenvalue weighted by atomic mass is 9.96. The fourth-order valence-electron chi connectivity index (χ4n) is 1.50. The van der Waals surface area contributed by atoms with Crippen molar-refractivity contribution in [1.82, 2.24) is 4.98 Å². The highest BCUT2D eigenvalue weighted by atomic mass is 16.5. The number of carbonyl (C=O) groups is 1. The first kappa shape index (κ1) is 12.6. The van der Waals surface area contributed by atoms with Gasteiger partial charge < -0.3 is 10.5 Å². The molecule has 1 heterocycles. The smallest absolute Gasteiger partial charge is 0.167 e. The quantitative estimate of drug-likeness (QED) is 0.743. The molecule has 0 amide bonds. The molecule has 0 saturated carbocycles. The average Bonchev–Trinajstić information content (AvgIpc) is 2.35. The first-order chi connectivity index (χ1) is 7.69. The van der Waals surface area contributed by atoms with Gasteiger partial charge in [-0.2, -0.15) is 0 Å². The van der Waals surface area contributed by atoms with Crippen LogP contribution in [-0.4, -0.2) is 24.4 Å². The Balaban J connectivity index is 2.71. The summed E-state index contributed by atoms with van der Waals surface area (Å²) in [6.45, 7) is 2.53. The number of ether oxygens (including phenoxy) is 1. The van der Waals surface area contributed by atoms with Gasteiger partial charge in [0, 0.05) is 17.7 Å². The monoisotopic (exact) mass is 222 g/mol. The van der Waals surface area contributed by atoms with Crippen LogP contribution in [0.1, 0.15) is 30.1 Å². The number of rotatable bonds is 6. The van der Waals surface area contributed by atoms with Crippen molar-refractivity contribution < 1.29 is 9.53 Å². The summed E-state index contributed by atoms with van der Waals surface area (Å²) in [5.41, 5.74) is 6.02. The van der Waals surface area contributed by atoms with E-state index in [0.717, 1.165) is 12.8 Å². The van der Waals surface area contributed by atoms with E-state index in [1.807, 2.05) is 6.92 Å². The molecule has 2 N–H and O–H groups in total. The molecule has 0 saturated heterocycles. The fraction of sp³-hybridized carbons (Fsp3) is 0.500. The van der Waals surface area contributed by atoms with Gasteiger partial charge in [-0.3, -0.25) is 9.78 Å². The molecule has 4 heteroatoms. The second kappa shape index (κ2) is 6.23. The van der Waals surface area contributed by atoms with Crippen molar-refractivity contribution in [2.24, 2.45) is 11.7 Å². The van der Waals surface area contributed by atoms with Crippen LogP contribution < -0.4 is 10.5 Å². The molecule has 0 radical (unpaired) electrons. The van der Waals surface area contributed by atoms with Gasteiger partial charge in [0.05, 0.1) is 13.3 Å². The van der Waals surface area contributed by atoms with Crippen LogP contribution >= 0.6 is 0 Å². The molecule has 1 rings (SSSR count). The molecule has 0 aliphatic rings. The van der Waals surface area contributed by atoms with Gasteiger partial charge >= 0.3 is 0 Å². The molecular formula is C12H18N2O2. The highest BCUT2D eigenvalue weighted by Gasteiger charge is 2.15. The molecule has 0 aromatic carbocycles. The predicted octanol–water partition coefficient (Wildman–Crippen LogP) is 1.65. The van der Waals surface area contributed by atoms with Crippen LogP contribution in [0.5, 0.6) is 5.75 Å². The molecule has 4 nitrogen and oxygen atoms in total. The van der Waals surface area contributed by atoms with E-state index in [4.69, 9.17) is 10.5 Å². The Labute approximate surface area is 95.8 Å². The van der Waals surface area contributed by atoms with Crippen molar-refractivity contribution in [3.05, 3.63) is 24.0 Å². The van der Waals surface area contributed by atoms with E-state index >= 15 is 0 Å². The lowest BCUT2D eigenvalue weighted by Gasteiger charge is -2.09. The van der Waals surface area contributed by atoms with Crippen molar-refractivity contribution in [2.75, 3.05) is 13.7 Å². The van der Waals surface area contributed by atoms with Crippen molar-refractivity contribution in [1.29, 1.82) is 0 Å². The van der Waals surface area contributed by atoms with E-state index < -0.39 is 0 Å². The van der Waals surface area contributed by atoms with E-state index in [0.29, 0.717) is 17.9 Å². The van der Waals surface area contributed by atoms with E-state index in [-0.39, 0.29) is 11.7 Å². The molecular weight excluding hydrogens is 204 g/mol. The molecule has 0 bridgehead atoms. The summed E-state index contributed by atoms with van der Waals surface area (Å²) in [4.78, 5) is 16.0. The second-order valence-electron chi connectivity index (χ2n) is 3.81. The number of methoxy groups -OCH3 is 1. The van der Waals surface area contributed by atoms with Gasteiger partial charge in [-0.05, 0) is 25.5 Å². The Morgan fingerprint density at radius 1 is 1.56 bits per heavy atom. The average molecular weight is 222 g/mol. The van der Waals surface area contributed by atoms with Gasteiger partial charge in [0.15, 0.2) is 5.78 Å². The van der Waals surface area contributed by atoms with Crippen LogP contribution in [0, 0.1) is 5.92 Å². The summed E-state index contributed by atoms with van der Waals surface area (Å²) in [5, 5.41) is 0. The third kappa shape index (κ3) is 3.31. The zero-order valence-electron chi connectivity index (χ0n) is 9.77. The topological polar surface area (TPSA) is 65.2 Å². The molecule has 0 aliphatic carbocycles. The van der Waals surface area contributed by atoms with Gasteiger partial charge in [-0.1, -0.05) is 6.92 Å². The minimum atomic E-state index is -0.0162. The number of carbonyl (C=O) groups excluding carboxylic acids is 1. The number of pyridine rings is 1. The maximum Gasteiger partial charge on any atom is 0.167 e. The number of Topliss-reactive ketones (excluding diaryl/α,β-unsaturated/α-hetero) is 1. The normalized spacial score (nSPS) is 12.2. The first-order valence-electron chi connectivity index (χ1n) is 5.42. The summed E-state index contributed by atoms with van der Waals surface area (Å²) in [7, 11) is 1.56. The predicted molar refractivity (Wildman–Crippen MR) is 62.6 cm³/mol. The van der Waals surface area contributed by atoms with Crippen LogP contribution in [0.2, 0.25) is 0 Å². The van der Waals surface area contributed by atoms with E-state index in [1.165, 1.54) is 0 Å². The van der Waals surface area contributed by atoms with Crippen molar-refractivity contribution in [2.45, 2.75) is 19.8 Å². The molecule has 1 aromatic heterocycles. The van der Waals surface area contributed by atoms with Gasteiger partial charge in [0.2, 0.25) is 0 Å². The summed E-state index contributed by atoms with van der Waals surface area (Å²) in [6, 6.07) is 1.72. The number of nitrogens with zero attached hydrogens (tertiary/aromatic N) is 1. The maximum atomic E-state index is 12.0. The van der Waals surface area contributed by atoms with Crippen LogP contribution in [0.15, 0.2) is 18.5 Å². The minimum absolute atomic E-state index is 0.0162. The Morgan fingerprint density at radius 2 is 2.31 bits per heavy atom. The number of hydrogen-bond donors (Lipinski definition) is 1. The Hall–Kier alpha value is -1.42. The SMILES string of the molecule is COc1cncc(C(=O)C(C)CCCN)c1. The Kier molecular flexibility index (Phi) is 4.92. The minimum Gasteiger partial charge on any atom is -0.495 e. The highest BCUT2D eigenvalue weighted by Crippen LogP contribution is 2.16. The molecule has 0 aliphatic heterocycles. The van der Waals surface area contributed by atoms with Crippen LogP contribution in [0.4, 0.5) is 0 Å². The lowest BCUT2D eigenvalue weighted by Crippen LogP contribution is -2.13. The number of hydrogen-bond acceptors (Lipinski definition) is 4. The summed E-state index contributed by atoms with van der Waals surface area (Å²) >= 11 is 0. The molecule has 88 valence electrons. The van der Waals surface area contributed by atoms with Crippen LogP contribution in [-0.2, 0) is 0 Å². The summed E-state index contributed by atoms with van der Waals surface area (Å²) in [6.07, 6.45) is 4.84. The van der Waals surface area contributed by atoms with Gasteiger partial charge in [0.1, 0.15) is 5.75 Å². The zero-order chi connectivity index (χ0) is 12.0. The van der Waals surface area contributed by atoms with Gasteiger partial charge in [-0.25, -0.2) is 0 Å².